The summed E-state index contributed by atoms with van der Waals surface area (Å²) in [5, 5.41) is 3.90. The van der Waals surface area contributed by atoms with Crippen molar-refractivity contribution in [3.8, 4) is 5.75 Å². The molecule has 1 aliphatic rings. The third-order valence-corrected chi connectivity index (χ3v) is 4.92. The number of methoxy groups -OCH3 is 1. The first-order chi connectivity index (χ1) is 12.5. The maximum Gasteiger partial charge on any atom is 0.193 e. The van der Waals surface area contributed by atoms with E-state index in [0.717, 1.165) is 36.0 Å². The van der Waals surface area contributed by atoms with Gasteiger partial charge < -0.3 is 20.7 Å². The fourth-order valence-electron chi connectivity index (χ4n) is 3.21. The zero-order valence-electron chi connectivity index (χ0n) is 15.2. The highest BCUT2D eigenvalue weighted by molar-refractivity contribution is 6.30. The van der Waals surface area contributed by atoms with Gasteiger partial charge in [-0.1, -0.05) is 17.7 Å². The lowest BCUT2D eigenvalue weighted by Gasteiger charge is -2.21. The Bertz CT molecular complexity index is 776. The summed E-state index contributed by atoms with van der Waals surface area (Å²) in [6.45, 7) is 4.83. The van der Waals surface area contributed by atoms with Crippen LogP contribution >= 0.6 is 11.6 Å². The molecule has 3 rings (SSSR count). The van der Waals surface area contributed by atoms with E-state index in [0.29, 0.717) is 18.4 Å². The Morgan fingerprint density at radius 1 is 1.31 bits per heavy atom. The number of nitrogens with one attached hydrogen (secondary N) is 1. The van der Waals surface area contributed by atoms with Gasteiger partial charge in [-0.2, -0.15) is 0 Å². The van der Waals surface area contributed by atoms with Crippen LogP contribution in [0.1, 0.15) is 12.0 Å². The van der Waals surface area contributed by atoms with Crippen LogP contribution in [-0.4, -0.2) is 32.7 Å². The minimum absolute atomic E-state index is 0.438. The number of nitrogens with zero attached hydrogens (tertiary/aromatic N) is 2. The molecule has 0 saturated carbocycles. The Morgan fingerprint density at radius 3 is 2.81 bits per heavy atom. The van der Waals surface area contributed by atoms with E-state index in [2.05, 4.69) is 28.2 Å². The predicted octanol–water partition coefficient (Wildman–Crippen LogP) is 3.91. The van der Waals surface area contributed by atoms with E-state index in [-0.39, 0.29) is 0 Å². The van der Waals surface area contributed by atoms with Gasteiger partial charge in [0.05, 0.1) is 7.11 Å². The molecule has 138 valence electrons. The Hall–Kier alpha value is -2.40. The monoisotopic (exact) mass is 372 g/mol. The van der Waals surface area contributed by atoms with E-state index < -0.39 is 0 Å². The maximum atomic E-state index is 6.15. The largest absolute Gasteiger partial charge is 0.497 e. The van der Waals surface area contributed by atoms with Crippen LogP contribution in [0.5, 0.6) is 5.75 Å². The summed E-state index contributed by atoms with van der Waals surface area (Å²) < 4.78 is 5.15. The fourth-order valence-corrected chi connectivity index (χ4v) is 3.38. The molecule has 26 heavy (non-hydrogen) atoms. The van der Waals surface area contributed by atoms with Crippen LogP contribution in [0.3, 0.4) is 0 Å². The van der Waals surface area contributed by atoms with Gasteiger partial charge in [0.1, 0.15) is 5.75 Å². The number of rotatable bonds is 5. The number of hydrogen-bond acceptors (Lipinski definition) is 3. The number of ether oxygens (including phenoxy) is 1. The third-order valence-electron chi connectivity index (χ3n) is 4.68. The number of aryl methyl sites for hydroxylation is 1. The number of hydrogen-bond donors (Lipinski definition) is 2. The van der Waals surface area contributed by atoms with Crippen molar-refractivity contribution in [2.24, 2.45) is 16.6 Å². The van der Waals surface area contributed by atoms with Gasteiger partial charge in [0.2, 0.25) is 0 Å². The molecule has 1 fully saturated rings. The van der Waals surface area contributed by atoms with Crippen molar-refractivity contribution in [3.63, 3.8) is 0 Å². The number of nitrogens with two attached hydrogens (primary N) is 1. The van der Waals surface area contributed by atoms with Crippen molar-refractivity contribution in [1.29, 1.82) is 0 Å². The quantitative estimate of drug-likeness (QED) is 0.617. The summed E-state index contributed by atoms with van der Waals surface area (Å²) in [5.41, 5.74) is 9.38. The zero-order valence-corrected chi connectivity index (χ0v) is 16.0. The van der Waals surface area contributed by atoms with Gasteiger partial charge >= 0.3 is 0 Å². The maximum absolute atomic E-state index is 6.15. The molecule has 1 aliphatic heterocycles. The van der Waals surface area contributed by atoms with Crippen LogP contribution in [0.4, 0.5) is 11.4 Å². The van der Waals surface area contributed by atoms with E-state index in [1.807, 2.05) is 36.4 Å². The first-order valence-corrected chi connectivity index (χ1v) is 9.15. The molecular formula is C20H25ClN4O. The number of anilines is 2. The molecule has 0 aliphatic carbocycles. The lowest BCUT2D eigenvalue weighted by molar-refractivity contribution is 0.415. The van der Waals surface area contributed by atoms with Gasteiger partial charge in [0.15, 0.2) is 5.96 Å². The van der Waals surface area contributed by atoms with E-state index in [4.69, 9.17) is 22.1 Å². The van der Waals surface area contributed by atoms with Gasteiger partial charge in [-0.3, -0.25) is 4.99 Å². The van der Waals surface area contributed by atoms with Gasteiger partial charge in [0, 0.05) is 36.0 Å². The first kappa shape index (κ1) is 18.4. The molecule has 0 bridgehead atoms. The Kier molecular flexibility index (Phi) is 5.89. The average Bonchev–Trinajstić information content (AvgIpc) is 3.11. The molecule has 1 atom stereocenters. The third kappa shape index (κ3) is 4.61. The smallest absolute Gasteiger partial charge is 0.193 e. The summed E-state index contributed by atoms with van der Waals surface area (Å²) >= 11 is 6.15. The zero-order chi connectivity index (χ0) is 18.5. The summed E-state index contributed by atoms with van der Waals surface area (Å²) in [6.07, 6.45) is 1.10. The van der Waals surface area contributed by atoms with E-state index in [1.54, 1.807) is 7.11 Å². The molecule has 1 saturated heterocycles. The molecular weight excluding hydrogens is 348 g/mol. The molecule has 2 aromatic rings. The van der Waals surface area contributed by atoms with Gasteiger partial charge in [-0.05, 0) is 61.2 Å². The summed E-state index contributed by atoms with van der Waals surface area (Å²) in [5.74, 6) is 1.74. The van der Waals surface area contributed by atoms with Crippen LogP contribution < -0.4 is 20.7 Å². The standard InChI is InChI=1S/C20H25ClN4O/c1-14-3-4-16(21)11-19(14)25-10-9-15(13-25)12-23-20(22)24-17-5-7-18(26-2)8-6-17/h3-8,11,15H,9-10,12-13H2,1-2H3,(H3,22,23,24). The predicted molar refractivity (Wildman–Crippen MR) is 110 cm³/mol. The van der Waals surface area contributed by atoms with Gasteiger partial charge in [0.25, 0.3) is 0 Å². The number of guanidine groups is 1. The van der Waals surface area contributed by atoms with Crippen molar-refractivity contribution in [2.45, 2.75) is 13.3 Å². The second-order valence-electron chi connectivity index (χ2n) is 6.61. The summed E-state index contributed by atoms with van der Waals surface area (Å²) in [4.78, 5) is 6.89. The van der Waals surface area contributed by atoms with Crippen molar-refractivity contribution < 1.29 is 4.74 Å². The molecule has 1 unspecified atom stereocenters. The van der Waals surface area contributed by atoms with Crippen LogP contribution in [0, 0.1) is 12.8 Å². The lowest BCUT2D eigenvalue weighted by Crippen LogP contribution is -2.25. The first-order valence-electron chi connectivity index (χ1n) is 8.77. The minimum Gasteiger partial charge on any atom is -0.497 e. The highest BCUT2D eigenvalue weighted by Crippen LogP contribution is 2.29. The van der Waals surface area contributed by atoms with Crippen LogP contribution in [-0.2, 0) is 0 Å². The molecule has 1 heterocycles. The van der Waals surface area contributed by atoms with E-state index >= 15 is 0 Å². The Morgan fingerprint density at radius 2 is 2.08 bits per heavy atom. The molecule has 0 aromatic heterocycles. The molecule has 6 heteroatoms. The minimum atomic E-state index is 0.438. The summed E-state index contributed by atoms with van der Waals surface area (Å²) in [6, 6.07) is 13.7. The normalized spacial score (nSPS) is 17.4. The lowest BCUT2D eigenvalue weighted by atomic mass is 10.1. The molecule has 0 spiro atoms. The highest BCUT2D eigenvalue weighted by atomic mass is 35.5. The molecule has 5 nitrogen and oxygen atoms in total. The number of aliphatic imine (C=N–C) groups is 1. The molecule has 3 N–H and O–H groups in total. The SMILES string of the molecule is COc1ccc(NC(N)=NCC2CCN(c3cc(Cl)ccc3C)C2)cc1. The second kappa shape index (κ2) is 8.32. The number of benzene rings is 2. The topological polar surface area (TPSA) is 62.9 Å². The van der Waals surface area contributed by atoms with Crippen LogP contribution in [0.15, 0.2) is 47.5 Å². The van der Waals surface area contributed by atoms with Crippen molar-refractivity contribution >= 4 is 28.9 Å². The van der Waals surface area contributed by atoms with Crippen LogP contribution in [0.2, 0.25) is 5.02 Å². The van der Waals surface area contributed by atoms with E-state index in [9.17, 15) is 0 Å². The van der Waals surface area contributed by atoms with Crippen molar-refractivity contribution in [2.75, 3.05) is 37.0 Å². The van der Waals surface area contributed by atoms with Crippen LogP contribution in [0.25, 0.3) is 0 Å². The van der Waals surface area contributed by atoms with Gasteiger partial charge in [-0.25, -0.2) is 0 Å². The van der Waals surface area contributed by atoms with Crippen molar-refractivity contribution in [1.82, 2.24) is 0 Å². The Balaban J connectivity index is 1.54. The fraction of sp³-hybridized carbons (Fsp3) is 0.350. The van der Waals surface area contributed by atoms with E-state index in [1.165, 1.54) is 11.3 Å². The number of halogens is 1. The molecule has 0 radical (unpaired) electrons. The van der Waals surface area contributed by atoms with Crippen molar-refractivity contribution in [3.05, 3.63) is 53.1 Å². The summed E-state index contributed by atoms with van der Waals surface area (Å²) in [7, 11) is 1.65. The van der Waals surface area contributed by atoms with Gasteiger partial charge in [-0.15, -0.1) is 0 Å². The highest BCUT2D eigenvalue weighted by Gasteiger charge is 2.23. The molecule has 0 amide bonds. The molecule has 2 aromatic carbocycles. The second-order valence-corrected chi connectivity index (χ2v) is 7.05. The Labute approximate surface area is 159 Å². The average molecular weight is 373 g/mol.